The number of nitrogens with zero attached hydrogens (tertiary/aromatic N) is 2. The van der Waals surface area contributed by atoms with E-state index in [2.05, 4.69) is 9.71 Å². The van der Waals surface area contributed by atoms with Crippen molar-refractivity contribution in [1.82, 2.24) is 14.3 Å². The highest BCUT2D eigenvalue weighted by molar-refractivity contribution is 7.89. The summed E-state index contributed by atoms with van der Waals surface area (Å²) < 4.78 is 28.1. The van der Waals surface area contributed by atoms with Crippen molar-refractivity contribution >= 4 is 26.7 Å². The van der Waals surface area contributed by atoms with Gasteiger partial charge in [-0.2, -0.15) is 0 Å². The maximum atomic E-state index is 12.3. The van der Waals surface area contributed by atoms with Crippen molar-refractivity contribution in [3.05, 3.63) is 79.4 Å². The van der Waals surface area contributed by atoms with Crippen molar-refractivity contribution in [2.75, 3.05) is 6.54 Å². The second-order valence-electron chi connectivity index (χ2n) is 5.58. The summed E-state index contributed by atoms with van der Waals surface area (Å²) in [7, 11) is -4.02. The van der Waals surface area contributed by atoms with Crippen LogP contribution in [0.2, 0.25) is 0 Å². The van der Waals surface area contributed by atoms with E-state index in [1.807, 2.05) is 0 Å². The highest BCUT2D eigenvalue weighted by atomic mass is 32.2. The van der Waals surface area contributed by atoms with E-state index >= 15 is 0 Å². The van der Waals surface area contributed by atoms with Gasteiger partial charge in [0.1, 0.15) is 0 Å². The molecule has 0 atom stereocenters. The van der Waals surface area contributed by atoms with Gasteiger partial charge in [0.25, 0.3) is 5.69 Å². The van der Waals surface area contributed by atoms with Crippen LogP contribution in [0.1, 0.15) is 0 Å². The summed E-state index contributed by atoms with van der Waals surface area (Å²) in [5, 5.41) is 10.8. The molecule has 140 valence electrons. The minimum absolute atomic E-state index is 0.0859. The van der Waals surface area contributed by atoms with Gasteiger partial charge < -0.3 is 9.55 Å². The molecule has 0 aliphatic heterocycles. The van der Waals surface area contributed by atoms with Crippen LogP contribution < -0.4 is 15.8 Å². The zero-order valence-electron chi connectivity index (χ0n) is 13.8. The lowest BCUT2D eigenvalue weighted by molar-refractivity contribution is -0.385. The molecule has 0 aliphatic carbocycles. The summed E-state index contributed by atoms with van der Waals surface area (Å²) in [4.78, 5) is 36.1. The molecular weight excluding hydrogens is 376 g/mol. The second-order valence-corrected chi connectivity index (χ2v) is 7.35. The number of hydrogen-bond acceptors (Lipinski definition) is 6. The summed E-state index contributed by atoms with van der Waals surface area (Å²) in [5.41, 5.74) is -1.06. The van der Waals surface area contributed by atoms with Crippen LogP contribution in [0.3, 0.4) is 0 Å². The minimum Gasteiger partial charge on any atom is -0.316 e. The lowest BCUT2D eigenvalue weighted by Gasteiger charge is -2.11. The van der Waals surface area contributed by atoms with E-state index in [1.54, 1.807) is 24.3 Å². The molecule has 1 aromatic heterocycles. The molecule has 0 saturated carbocycles. The molecule has 0 bridgehead atoms. The number of nitrogens with one attached hydrogen (secondary N) is 2. The fourth-order valence-corrected chi connectivity index (χ4v) is 3.64. The number of para-hydroxylation sites is 2. The summed E-state index contributed by atoms with van der Waals surface area (Å²) in [6.07, 6.45) is 0. The van der Waals surface area contributed by atoms with E-state index in [0.717, 1.165) is 6.07 Å². The van der Waals surface area contributed by atoms with Crippen LogP contribution in [0.15, 0.2) is 63.0 Å². The van der Waals surface area contributed by atoms with Crippen LogP contribution in [-0.4, -0.2) is 29.4 Å². The number of nitro groups is 1. The van der Waals surface area contributed by atoms with Gasteiger partial charge in [-0.1, -0.05) is 18.2 Å². The molecule has 2 N–H and O–H groups in total. The number of non-ortho nitro benzene ring substituents is 1. The molecule has 0 fully saturated rings. The average molecular weight is 390 g/mol. The van der Waals surface area contributed by atoms with Crippen LogP contribution >= 0.6 is 0 Å². The third-order valence-electron chi connectivity index (χ3n) is 3.85. The first-order chi connectivity index (χ1) is 12.8. The third-order valence-corrected chi connectivity index (χ3v) is 5.31. The Morgan fingerprint density at radius 1 is 1.11 bits per heavy atom. The van der Waals surface area contributed by atoms with E-state index in [1.165, 1.54) is 22.8 Å². The molecule has 2 aromatic carbocycles. The molecule has 3 rings (SSSR count). The Hall–Kier alpha value is -3.31. The quantitative estimate of drug-likeness (QED) is 0.358. The first-order valence-corrected chi connectivity index (χ1v) is 9.24. The van der Waals surface area contributed by atoms with Crippen molar-refractivity contribution in [2.24, 2.45) is 0 Å². The molecule has 0 saturated heterocycles. The van der Waals surface area contributed by atoms with E-state index in [4.69, 9.17) is 0 Å². The molecule has 0 unspecified atom stereocenters. The van der Waals surface area contributed by atoms with Crippen molar-refractivity contribution in [3.8, 4) is 0 Å². The summed E-state index contributed by atoms with van der Waals surface area (Å²) in [6.45, 7) is -0.268. The zero-order valence-corrected chi connectivity index (χ0v) is 14.6. The van der Waals surface area contributed by atoms with Crippen molar-refractivity contribution in [3.63, 3.8) is 0 Å². The largest absolute Gasteiger partial charge is 0.316 e. The normalized spacial score (nSPS) is 11.6. The van der Waals surface area contributed by atoms with Crippen LogP contribution in [0.4, 0.5) is 5.69 Å². The number of benzene rings is 2. The predicted octanol–water partition coefficient (Wildman–Crippen LogP) is 0.576. The maximum Gasteiger partial charge on any atom is 0.316 e. The number of aromatic amines is 1. The Balaban J connectivity index is 1.84. The molecule has 0 aliphatic rings. The molecule has 0 radical (unpaired) electrons. The molecule has 11 heteroatoms. The van der Waals surface area contributed by atoms with Gasteiger partial charge in [-0.25, -0.2) is 13.1 Å². The first-order valence-electron chi connectivity index (χ1n) is 7.75. The van der Waals surface area contributed by atoms with Gasteiger partial charge in [0.2, 0.25) is 10.0 Å². The van der Waals surface area contributed by atoms with Crippen LogP contribution in [0, 0.1) is 10.1 Å². The van der Waals surface area contributed by atoms with E-state index in [-0.39, 0.29) is 23.7 Å². The number of rotatable bonds is 6. The number of H-pyrrole nitrogens is 1. The van der Waals surface area contributed by atoms with Crippen LogP contribution in [0.25, 0.3) is 11.0 Å². The summed E-state index contributed by atoms with van der Waals surface area (Å²) in [5.74, 6) is 0. The minimum atomic E-state index is -4.02. The number of hydrogen-bond donors (Lipinski definition) is 2. The molecule has 10 nitrogen and oxygen atoms in total. The number of aromatic nitrogens is 2. The molecule has 27 heavy (non-hydrogen) atoms. The molecule has 1 heterocycles. The Kier molecular flexibility index (Phi) is 4.88. The summed E-state index contributed by atoms with van der Waals surface area (Å²) >= 11 is 0. The Morgan fingerprint density at radius 3 is 2.59 bits per heavy atom. The van der Waals surface area contributed by atoms with Crippen molar-refractivity contribution in [2.45, 2.75) is 11.4 Å². The van der Waals surface area contributed by atoms with Crippen molar-refractivity contribution in [1.29, 1.82) is 0 Å². The van der Waals surface area contributed by atoms with E-state index in [9.17, 15) is 28.1 Å². The molecule has 0 spiro atoms. The molecule has 3 aromatic rings. The van der Waals surface area contributed by atoms with Gasteiger partial charge in [-0.05, 0) is 18.2 Å². The Bertz CT molecular complexity index is 1250. The highest BCUT2D eigenvalue weighted by Gasteiger charge is 2.17. The fourth-order valence-electron chi connectivity index (χ4n) is 2.58. The number of fused-ring (bicyclic) bond motifs is 1. The standard InChI is InChI=1S/C16H14N4O6S/c21-15-16(22)19(14-7-2-1-6-13(14)18-15)9-8-17-27(25,26)12-5-3-4-11(10-12)20(23)24/h1-7,10,17H,8-9H2,(H,18,21). The maximum absolute atomic E-state index is 12.3. The van der Waals surface area contributed by atoms with Crippen LogP contribution in [-0.2, 0) is 16.6 Å². The van der Waals surface area contributed by atoms with Crippen molar-refractivity contribution < 1.29 is 13.3 Å². The Morgan fingerprint density at radius 2 is 1.85 bits per heavy atom. The smallest absolute Gasteiger partial charge is 0.316 e. The second kappa shape index (κ2) is 7.13. The van der Waals surface area contributed by atoms with Gasteiger partial charge in [0, 0.05) is 25.2 Å². The fraction of sp³-hybridized carbons (Fsp3) is 0.125. The SMILES string of the molecule is O=c1[nH]c2ccccc2n(CCNS(=O)(=O)c2cccc([N+](=O)[O-])c2)c1=O. The van der Waals surface area contributed by atoms with Gasteiger partial charge in [-0.3, -0.25) is 19.7 Å². The van der Waals surface area contributed by atoms with Crippen LogP contribution in [0.5, 0.6) is 0 Å². The van der Waals surface area contributed by atoms with E-state index in [0.29, 0.717) is 11.0 Å². The predicted molar refractivity (Wildman–Crippen MR) is 97.1 cm³/mol. The summed E-state index contributed by atoms with van der Waals surface area (Å²) in [6, 6.07) is 11.2. The third kappa shape index (κ3) is 3.78. The zero-order chi connectivity index (χ0) is 19.6. The lowest BCUT2D eigenvalue weighted by atomic mass is 10.3. The first kappa shape index (κ1) is 18.5. The molecule has 0 amide bonds. The number of nitro benzene ring substituents is 1. The van der Waals surface area contributed by atoms with E-state index < -0.39 is 26.1 Å². The van der Waals surface area contributed by atoms with Gasteiger partial charge >= 0.3 is 11.1 Å². The topological polar surface area (TPSA) is 144 Å². The monoisotopic (exact) mass is 390 g/mol. The van der Waals surface area contributed by atoms with Gasteiger partial charge in [0.15, 0.2) is 0 Å². The average Bonchev–Trinajstić information content (AvgIpc) is 2.65. The lowest BCUT2D eigenvalue weighted by Crippen LogP contribution is -2.39. The number of sulfonamides is 1. The highest BCUT2D eigenvalue weighted by Crippen LogP contribution is 2.17. The van der Waals surface area contributed by atoms with Gasteiger partial charge in [0.05, 0.1) is 20.9 Å². The van der Waals surface area contributed by atoms with Gasteiger partial charge in [-0.15, -0.1) is 0 Å². The molecular formula is C16H14N4O6S. The Labute approximate surface area is 152 Å².